The molecule has 0 atom stereocenters. The van der Waals surface area contributed by atoms with Gasteiger partial charge in [-0.05, 0) is 19.8 Å². The van der Waals surface area contributed by atoms with Gasteiger partial charge in [0.1, 0.15) is 0 Å². The Kier molecular flexibility index (Phi) is 3.58. The molecule has 17 heavy (non-hydrogen) atoms. The first-order valence-corrected chi connectivity index (χ1v) is 5.72. The number of rotatable bonds is 3. The van der Waals surface area contributed by atoms with Gasteiger partial charge in [0.2, 0.25) is 5.89 Å². The number of primary amides is 1. The molecule has 94 valence electrons. The molecule has 0 saturated carbocycles. The Labute approximate surface area is 99.3 Å². The molecule has 0 spiro atoms. The van der Waals surface area contributed by atoms with Crippen molar-refractivity contribution in [3.63, 3.8) is 0 Å². The van der Waals surface area contributed by atoms with E-state index in [1.165, 1.54) is 0 Å². The van der Waals surface area contributed by atoms with Gasteiger partial charge in [-0.25, -0.2) is 4.79 Å². The summed E-state index contributed by atoms with van der Waals surface area (Å²) in [7, 11) is 0. The van der Waals surface area contributed by atoms with Crippen LogP contribution in [-0.2, 0) is 6.54 Å². The van der Waals surface area contributed by atoms with Crippen molar-refractivity contribution in [3.05, 3.63) is 11.7 Å². The number of nitrogens with one attached hydrogen (secondary N) is 1. The zero-order chi connectivity index (χ0) is 12.3. The predicted octanol–water partition coefficient (Wildman–Crippen LogP) is 0.0107. The number of hydrogen-bond donors (Lipinski definition) is 2. The molecule has 7 nitrogen and oxygen atoms in total. The third kappa shape index (κ3) is 3.16. The second kappa shape index (κ2) is 5.13. The Balaban J connectivity index is 1.73. The van der Waals surface area contributed by atoms with E-state index in [9.17, 15) is 4.79 Å². The summed E-state index contributed by atoms with van der Waals surface area (Å²) in [5.74, 6) is 1.24. The highest BCUT2D eigenvalue weighted by Gasteiger charge is 2.21. The van der Waals surface area contributed by atoms with Gasteiger partial charge in [-0.3, -0.25) is 0 Å². The minimum absolute atomic E-state index is 0.337. The maximum absolute atomic E-state index is 10.9. The quantitative estimate of drug-likeness (QED) is 0.774. The van der Waals surface area contributed by atoms with Gasteiger partial charge >= 0.3 is 6.03 Å². The van der Waals surface area contributed by atoms with E-state index < -0.39 is 0 Å². The minimum Gasteiger partial charge on any atom is -0.351 e. The number of aromatic nitrogens is 2. The molecule has 0 aromatic carbocycles. The maximum atomic E-state index is 10.9. The lowest BCUT2D eigenvalue weighted by Crippen LogP contribution is -2.46. The summed E-state index contributed by atoms with van der Waals surface area (Å²) < 4.78 is 5.01. The normalized spacial score (nSPS) is 17.4. The van der Waals surface area contributed by atoms with E-state index >= 15 is 0 Å². The number of aryl methyl sites for hydroxylation is 1. The fourth-order valence-corrected chi connectivity index (χ4v) is 1.95. The first-order chi connectivity index (χ1) is 8.15. The van der Waals surface area contributed by atoms with Gasteiger partial charge in [-0.2, -0.15) is 4.98 Å². The zero-order valence-corrected chi connectivity index (χ0v) is 9.85. The van der Waals surface area contributed by atoms with Crippen LogP contribution in [0.5, 0.6) is 0 Å². The predicted molar refractivity (Wildman–Crippen MR) is 60.1 cm³/mol. The summed E-state index contributed by atoms with van der Waals surface area (Å²) in [6.45, 7) is 3.77. The summed E-state index contributed by atoms with van der Waals surface area (Å²) in [5.41, 5.74) is 5.21. The Bertz CT molecular complexity index is 384. The lowest BCUT2D eigenvalue weighted by atomic mass is 10.1. The molecule has 0 unspecified atom stereocenters. The van der Waals surface area contributed by atoms with E-state index in [1.54, 1.807) is 11.8 Å². The third-order valence-corrected chi connectivity index (χ3v) is 2.92. The lowest BCUT2D eigenvalue weighted by Gasteiger charge is -2.30. The van der Waals surface area contributed by atoms with Gasteiger partial charge in [0.05, 0.1) is 6.54 Å². The molecule has 1 aliphatic rings. The van der Waals surface area contributed by atoms with Crippen LogP contribution in [0, 0.1) is 6.92 Å². The average molecular weight is 239 g/mol. The van der Waals surface area contributed by atoms with Crippen molar-refractivity contribution in [2.24, 2.45) is 5.73 Å². The topological polar surface area (TPSA) is 97.3 Å². The van der Waals surface area contributed by atoms with Gasteiger partial charge in [0.15, 0.2) is 5.82 Å². The summed E-state index contributed by atoms with van der Waals surface area (Å²) in [4.78, 5) is 16.7. The third-order valence-electron chi connectivity index (χ3n) is 2.92. The van der Waals surface area contributed by atoms with Gasteiger partial charge < -0.3 is 20.5 Å². The smallest absolute Gasteiger partial charge is 0.314 e. The summed E-state index contributed by atoms with van der Waals surface area (Å²) in [6, 6.07) is 0.0359. The Morgan fingerprint density at radius 2 is 2.29 bits per heavy atom. The number of piperidine rings is 1. The van der Waals surface area contributed by atoms with E-state index in [2.05, 4.69) is 15.5 Å². The molecule has 2 amide bonds. The summed E-state index contributed by atoms with van der Waals surface area (Å²) in [6.07, 6.45) is 1.80. The number of amides is 2. The van der Waals surface area contributed by atoms with Crippen molar-refractivity contribution < 1.29 is 9.32 Å². The largest absolute Gasteiger partial charge is 0.351 e. The van der Waals surface area contributed by atoms with Crippen LogP contribution in [0.3, 0.4) is 0 Å². The van der Waals surface area contributed by atoms with Crippen molar-refractivity contribution in [1.29, 1.82) is 0 Å². The molecular formula is C10H17N5O2. The number of carbonyl (C=O) groups excluding carboxylic acids is 1. The van der Waals surface area contributed by atoms with Crippen LogP contribution in [0.4, 0.5) is 4.79 Å². The van der Waals surface area contributed by atoms with Crippen molar-refractivity contribution in [2.45, 2.75) is 32.4 Å². The lowest BCUT2D eigenvalue weighted by molar-refractivity contribution is 0.184. The van der Waals surface area contributed by atoms with Gasteiger partial charge in [0.25, 0.3) is 0 Å². The molecule has 0 bridgehead atoms. The molecule has 7 heteroatoms. The number of nitrogens with two attached hydrogens (primary N) is 1. The fourth-order valence-electron chi connectivity index (χ4n) is 1.95. The van der Waals surface area contributed by atoms with Crippen LogP contribution >= 0.6 is 0 Å². The highest BCUT2D eigenvalue weighted by Crippen LogP contribution is 2.10. The molecule has 0 aliphatic carbocycles. The van der Waals surface area contributed by atoms with Crippen molar-refractivity contribution in [3.8, 4) is 0 Å². The average Bonchev–Trinajstić information content (AvgIpc) is 2.73. The van der Waals surface area contributed by atoms with Crippen LogP contribution < -0.4 is 11.1 Å². The first kappa shape index (κ1) is 11.8. The fraction of sp³-hybridized carbons (Fsp3) is 0.700. The number of urea groups is 1. The van der Waals surface area contributed by atoms with Crippen molar-refractivity contribution >= 4 is 6.03 Å². The molecular weight excluding hydrogens is 222 g/mol. The standard InChI is InChI=1S/C10H17N5O2/c1-7-13-9(17-14-7)6-12-8-2-4-15(5-3-8)10(11)16/h8,12H,2-6H2,1H3,(H2,11,16). The second-order valence-electron chi connectivity index (χ2n) is 4.22. The van der Waals surface area contributed by atoms with Crippen LogP contribution in [0.1, 0.15) is 24.6 Å². The molecule has 1 aromatic rings. The molecule has 1 aromatic heterocycles. The zero-order valence-electron chi connectivity index (χ0n) is 9.85. The molecule has 2 rings (SSSR count). The van der Waals surface area contributed by atoms with E-state index in [-0.39, 0.29) is 6.03 Å². The van der Waals surface area contributed by atoms with E-state index in [0.29, 0.717) is 37.4 Å². The Morgan fingerprint density at radius 3 is 2.82 bits per heavy atom. The Hall–Kier alpha value is -1.63. The maximum Gasteiger partial charge on any atom is 0.314 e. The van der Waals surface area contributed by atoms with E-state index in [4.69, 9.17) is 10.3 Å². The van der Waals surface area contributed by atoms with Crippen LogP contribution in [-0.4, -0.2) is 40.2 Å². The molecule has 1 aliphatic heterocycles. The van der Waals surface area contributed by atoms with Crippen LogP contribution in [0.2, 0.25) is 0 Å². The Morgan fingerprint density at radius 1 is 1.59 bits per heavy atom. The number of hydrogen-bond acceptors (Lipinski definition) is 5. The van der Waals surface area contributed by atoms with E-state index in [1.807, 2.05) is 0 Å². The number of likely N-dealkylation sites (tertiary alicyclic amines) is 1. The monoisotopic (exact) mass is 239 g/mol. The number of carbonyl (C=O) groups is 1. The summed E-state index contributed by atoms with van der Waals surface area (Å²) in [5, 5.41) is 7.06. The number of nitrogens with zero attached hydrogens (tertiary/aromatic N) is 3. The highest BCUT2D eigenvalue weighted by molar-refractivity contribution is 5.72. The van der Waals surface area contributed by atoms with Crippen LogP contribution in [0.15, 0.2) is 4.52 Å². The molecule has 2 heterocycles. The molecule has 1 fully saturated rings. The highest BCUT2D eigenvalue weighted by atomic mass is 16.5. The summed E-state index contributed by atoms with van der Waals surface area (Å²) >= 11 is 0. The first-order valence-electron chi connectivity index (χ1n) is 5.72. The minimum atomic E-state index is -0.337. The van der Waals surface area contributed by atoms with Crippen LogP contribution in [0.25, 0.3) is 0 Å². The molecule has 0 radical (unpaired) electrons. The van der Waals surface area contributed by atoms with Gasteiger partial charge in [0, 0.05) is 19.1 Å². The van der Waals surface area contributed by atoms with Crippen molar-refractivity contribution in [2.75, 3.05) is 13.1 Å². The van der Waals surface area contributed by atoms with Gasteiger partial charge in [-0.15, -0.1) is 0 Å². The second-order valence-corrected chi connectivity index (χ2v) is 4.22. The molecule has 3 N–H and O–H groups in total. The SMILES string of the molecule is Cc1noc(CNC2CCN(C(N)=O)CC2)n1. The van der Waals surface area contributed by atoms with Gasteiger partial charge in [-0.1, -0.05) is 5.16 Å². The van der Waals surface area contributed by atoms with E-state index in [0.717, 1.165) is 12.8 Å². The molecule has 1 saturated heterocycles. The van der Waals surface area contributed by atoms with Crippen molar-refractivity contribution in [1.82, 2.24) is 20.4 Å².